The third-order valence-electron chi connectivity index (χ3n) is 3.80. The summed E-state index contributed by atoms with van der Waals surface area (Å²) in [5, 5.41) is 3.94. The average molecular weight is 319 g/mol. The molecule has 0 fully saturated rings. The van der Waals surface area contributed by atoms with Gasteiger partial charge >= 0.3 is 0 Å². The van der Waals surface area contributed by atoms with Gasteiger partial charge in [0, 0.05) is 46.2 Å². The first-order valence-corrected chi connectivity index (χ1v) is 7.94. The van der Waals surface area contributed by atoms with Crippen molar-refractivity contribution in [3.8, 4) is 0 Å². The highest BCUT2D eigenvalue weighted by Gasteiger charge is 2.14. The van der Waals surface area contributed by atoms with Crippen LogP contribution in [0.4, 0.5) is 5.69 Å². The number of nitrogens with zero attached hydrogens (tertiary/aromatic N) is 1. The minimum atomic E-state index is -0.162. The molecule has 0 aliphatic rings. The molecular weight excluding hydrogens is 298 g/mol. The van der Waals surface area contributed by atoms with E-state index in [0.29, 0.717) is 0 Å². The minimum Gasteiger partial charge on any atom is -0.361 e. The predicted molar refractivity (Wildman–Crippen MR) is 98.9 cm³/mol. The van der Waals surface area contributed by atoms with E-state index in [1.165, 1.54) is 6.08 Å². The SMILES string of the molecule is CC(C)(C)c1ccc(C=CC(=O)Nc2ccc3[nH]ccc3c2)cn1. The lowest BCUT2D eigenvalue weighted by Gasteiger charge is -2.17. The maximum atomic E-state index is 12.1. The molecule has 4 heteroatoms. The lowest BCUT2D eigenvalue weighted by molar-refractivity contribution is -0.111. The molecule has 122 valence electrons. The van der Waals surface area contributed by atoms with Crippen molar-refractivity contribution in [3.05, 3.63) is 66.1 Å². The molecule has 0 unspecified atom stereocenters. The van der Waals surface area contributed by atoms with Crippen molar-refractivity contribution < 1.29 is 4.79 Å². The van der Waals surface area contributed by atoms with Gasteiger partial charge in [-0.15, -0.1) is 0 Å². The van der Waals surface area contributed by atoms with E-state index >= 15 is 0 Å². The van der Waals surface area contributed by atoms with Crippen LogP contribution in [0.3, 0.4) is 0 Å². The van der Waals surface area contributed by atoms with Crippen molar-refractivity contribution in [1.29, 1.82) is 0 Å². The maximum absolute atomic E-state index is 12.1. The summed E-state index contributed by atoms with van der Waals surface area (Å²) < 4.78 is 0. The highest BCUT2D eigenvalue weighted by atomic mass is 16.1. The molecule has 2 aromatic heterocycles. The summed E-state index contributed by atoms with van der Waals surface area (Å²) in [6.45, 7) is 6.37. The normalized spacial score (nSPS) is 12.0. The molecule has 3 aromatic rings. The van der Waals surface area contributed by atoms with Crippen LogP contribution in [-0.2, 0) is 10.2 Å². The van der Waals surface area contributed by atoms with Crippen LogP contribution in [0.2, 0.25) is 0 Å². The fraction of sp³-hybridized carbons (Fsp3) is 0.200. The summed E-state index contributed by atoms with van der Waals surface area (Å²) in [5.74, 6) is -0.162. The number of rotatable bonds is 3. The molecule has 0 aliphatic carbocycles. The summed E-state index contributed by atoms with van der Waals surface area (Å²) in [6.07, 6.45) is 6.96. The molecule has 0 atom stereocenters. The van der Waals surface area contributed by atoms with E-state index < -0.39 is 0 Å². The summed E-state index contributed by atoms with van der Waals surface area (Å²) in [7, 11) is 0. The number of pyridine rings is 1. The van der Waals surface area contributed by atoms with Crippen LogP contribution in [0.5, 0.6) is 0 Å². The van der Waals surface area contributed by atoms with E-state index in [0.717, 1.165) is 27.8 Å². The molecule has 1 aromatic carbocycles. The number of carbonyl (C=O) groups is 1. The highest BCUT2D eigenvalue weighted by molar-refractivity contribution is 6.02. The smallest absolute Gasteiger partial charge is 0.248 e. The number of H-pyrrole nitrogens is 1. The number of hydrogen-bond donors (Lipinski definition) is 2. The Kier molecular flexibility index (Phi) is 4.21. The molecule has 24 heavy (non-hydrogen) atoms. The van der Waals surface area contributed by atoms with Crippen LogP contribution in [-0.4, -0.2) is 15.9 Å². The predicted octanol–water partition coefficient (Wildman–Crippen LogP) is 4.51. The van der Waals surface area contributed by atoms with Gasteiger partial charge in [0.05, 0.1) is 0 Å². The minimum absolute atomic E-state index is 0.0243. The lowest BCUT2D eigenvalue weighted by atomic mass is 9.91. The van der Waals surface area contributed by atoms with Crippen LogP contribution in [0.1, 0.15) is 32.0 Å². The molecule has 0 saturated carbocycles. The zero-order valence-electron chi connectivity index (χ0n) is 14.1. The first kappa shape index (κ1) is 16.0. The number of amides is 1. The van der Waals surface area contributed by atoms with Gasteiger partial charge in [-0.05, 0) is 42.0 Å². The van der Waals surface area contributed by atoms with Crippen LogP contribution in [0.15, 0.2) is 54.9 Å². The van der Waals surface area contributed by atoms with Gasteiger partial charge in [-0.2, -0.15) is 0 Å². The number of hydrogen-bond acceptors (Lipinski definition) is 2. The summed E-state index contributed by atoms with van der Waals surface area (Å²) in [4.78, 5) is 19.6. The Morgan fingerprint density at radius 1 is 1.17 bits per heavy atom. The molecule has 1 amide bonds. The van der Waals surface area contributed by atoms with Gasteiger partial charge in [-0.1, -0.05) is 26.8 Å². The summed E-state index contributed by atoms with van der Waals surface area (Å²) in [5.41, 5.74) is 3.78. The van der Waals surface area contributed by atoms with Gasteiger partial charge in [0.25, 0.3) is 0 Å². The third kappa shape index (κ3) is 3.71. The maximum Gasteiger partial charge on any atom is 0.248 e. The molecule has 0 bridgehead atoms. The first-order valence-electron chi connectivity index (χ1n) is 7.94. The largest absolute Gasteiger partial charge is 0.361 e. The molecule has 0 saturated heterocycles. The summed E-state index contributed by atoms with van der Waals surface area (Å²) >= 11 is 0. The van der Waals surface area contributed by atoms with Crippen molar-refractivity contribution in [1.82, 2.24) is 9.97 Å². The molecule has 3 rings (SSSR count). The number of nitrogens with one attached hydrogen (secondary N) is 2. The highest BCUT2D eigenvalue weighted by Crippen LogP contribution is 2.20. The quantitative estimate of drug-likeness (QED) is 0.698. The Morgan fingerprint density at radius 2 is 2.00 bits per heavy atom. The zero-order chi connectivity index (χ0) is 17.2. The van der Waals surface area contributed by atoms with Crippen LogP contribution in [0, 0.1) is 0 Å². The van der Waals surface area contributed by atoms with Crippen molar-refractivity contribution in [2.45, 2.75) is 26.2 Å². The van der Waals surface area contributed by atoms with Gasteiger partial charge in [0.15, 0.2) is 0 Å². The van der Waals surface area contributed by atoms with Crippen LogP contribution < -0.4 is 5.32 Å². The Labute approximate surface area is 141 Å². The Balaban J connectivity index is 1.66. The second-order valence-electron chi connectivity index (χ2n) is 6.83. The molecule has 2 heterocycles. The van der Waals surface area contributed by atoms with Crippen molar-refractivity contribution >= 4 is 28.6 Å². The number of benzene rings is 1. The molecule has 2 N–H and O–H groups in total. The van der Waals surface area contributed by atoms with Crippen molar-refractivity contribution in [3.63, 3.8) is 0 Å². The second-order valence-corrected chi connectivity index (χ2v) is 6.83. The number of anilines is 1. The van der Waals surface area contributed by atoms with E-state index in [4.69, 9.17) is 0 Å². The molecule has 0 spiro atoms. The molecule has 0 aliphatic heterocycles. The number of aromatic nitrogens is 2. The Morgan fingerprint density at radius 3 is 2.71 bits per heavy atom. The van der Waals surface area contributed by atoms with Gasteiger partial charge in [-0.25, -0.2) is 0 Å². The second kappa shape index (κ2) is 6.32. The molecule has 4 nitrogen and oxygen atoms in total. The van der Waals surface area contributed by atoms with Crippen LogP contribution >= 0.6 is 0 Å². The number of carbonyl (C=O) groups excluding carboxylic acids is 1. The van der Waals surface area contributed by atoms with Crippen LogP contribution in [0.25, 0.3) is 17.0 Å². The fourth-order valence-electron chi connectivity index (χ4n) is 2.43. The van der Waals surface area contributed by atoms with Gasteiger partial charge in [0.2, 0.25) is 5.91 Å². The average Bonchev–Trinajstić information content (AvgIpc) is 3.00. The Hall–Kier alpha value is -2.88. The van der Waals surface area contributed by atoms with Crippen molar-refractivity contribution in [2.75, 3.05) is 5.32 Å². The number of fused-ring (bicyclic) bond motifs is 1. The standard InChI is InChI=1S/C20H21N3O/c1-20(2,3)18-8-4-14(13-22-18)5-9-19(24)23-16-6-7-17-15(12-16)10-11-21-17/h4-13,21H,1-3H3,(H,23,24). The van der Waals surface area contributed by atoms with Crippen molar-refractivity contribution in [2.24, 2.45) is 0 Å². The zero-order valence-corrected chi connectivity index (χ0v) is 14.1. The first-order chi connectivity index (χ1) is 11.4. The topological polar surface area (TPSA) is 57.8 Å². The van der Waals surface area contributed by atoms with Gasteiger partial charge in [0.1, 0.15) is 0 Å². The van der Waals surface area contributed by atoms with E-state index in [1.807, 2.05) is 42.6 Å². The van der Waals surface area contributed by atoms with E-state index in [2.05, 4.69) is 36.1 Å². The monoisotopic (exact) mass is 319 g/mol. The number of aromatic amines is 1. The van der Waals surface area contributed by atoms with E-state index in [9.17, 15) is 4.79 Å². The van der Waals surface area contributed by atoms with E-state index in [-0.39, 0.29) is 11.3 Å². The Bertz CT molecular complexity index is 883. The third-order valence-corrected chi connectivity index (χ3v) is 3.80. The molecule has 0 radical (unpaired) electrons. The molecular formula is C20H21N3O. The lowest BCUT2D eigenvalue weighted by Crippen LogP contribution is -2.13. The van der Waals surface area contributed by atoms with Gasteiger partial charge in [-0.3, -0.25) is 9.78 Å². The summed E-state index contributed by atoms with van der Waals surface area (Å²) in [6, 6.07) is 11.7. The fourth-order valence-corrected chi connectivity index (χ4v) is 2.43. The van der Waals surface area contributed by atoms with E-state index in [1.54, 1.807) is 12.3 Å². The van der Waals surface area contributed by atoms with Gasteiger partial charge < -0.3 is 10.3 Å².